The number of pyridine rings is 1. The van der Waals surface area contributed by atoms with Crippen LogP contribution in [0.4, 0.5) is 18.9 Å². The van der Waals surface area contributed by atoms with E-state index in [-0.39, 0.29) is 10.7 Å². The fraction of sp³-hybridized carbons (Fsp3) is 0.167. The first kappa shape index (κ1) is 17.5. The summed E-state index contributed by atoms with van der Waals surface area (Å²) < 4.78 is 40.3. The van der Waals surface area contributed by atoms with Crippen molar-refractivity contribution in [2.75, 3.05) is 5.32 Å². The van der Waals surface area contributed by atoms with E-state index in [9.17, 15) is 13.2 Å². The normalized spacial score (nSPS) is 12.0. The largest absolute Gasteiger partial charge is 0.406 e. The summed E-state index contributed by atoms with van der Waals surface area (Å²) in [5.74, 6) is 0. The molecule has 4 aromatic rings. The van der Waals surface area contributed by atoms with E-state index in [1.165, 1.54) is 6.33 Å². The second-order valence-electron chi connectivity index (χ2n) is 5.97. The van der Waals surface area contributed by atoms with Crippen LogP contribution in [-0.2, 0) is 13.1 Å². The van der Waals surface area contributed by atoms with Gasteiger partial charge in [-0.25, -0.2) is 9.97 Å². The van der Waals surface area contributed by atoms with Gasteiger partial charge in [-0.1, -0.05) is 17.7 Å². The number of fused-ring (bicyclic) bond motifs is 3. The molecule has 27 heavy (non-hydrogen) atoms. The van der Waals surface area contributed by atoms with Gasteiger partial charge in [0.05, 0.1) is 17.8 Å². The highest BCUT2D eigenvalue weighted by molar-refractivity contribution is 6.34. The number of nitrogens with one attached hydrogen (secondary N) is 1. The molecule has 0 aliphatic carbocycles. The summed E-state index contributed by atoms with van der Waals surface area (Å²) in [6, 6.07) is 10.7. The Morgan fingerprint density at radius 3 is 2.67 bits per heavy atom. The summed E-state index contributed by atoms with van der Waals surface area (Å²) in [7, 11) is 0. The van der Waals surface area contributed by atoms with E-state index in [0.717, 1.165) is 15.9 Å². The Morgan fingerprint density at radius 2 is 1.93 bits per heavy atom. The predicted octanol–water partition coefficient (Wildman–Crippen LogP) is 4.81. The lowest BCUT2D eigenvalue weighted by atomic mass is 10.2. The molecule has 0 saturated heterocycles. The average molecular weight is 392 g/mol. The molecular formula is C18H13ClF3N5. The minimum absolute atomic E-state index is 0.0107. The lowest BCUT2D eigenvalue weighted by Crippen LogP contribution is -2.17. The lowest BCUT2D eigenvalue weighted by molar-refractivity contribution is -0.139. The van der Waals surface area contributed by atoms with Crippen LogP contribution in [0.25, 0.3) is 21.9 Å². The average Bonchev–Trinajstić information content (AvgIpc) is 2.94. The Labute approximate surface area is 156 Å². The van der Waals surface area contributed by atoms with Crippen LogP contribution >= 0.6 is 11.6 Å². The van der Waals surface area contributed by atoms with E-state index < -0.39 is 12.7 Å². The van der Waals surface area contributed by atoms with Crippen LogP contribution in [0, 0.1) is 0 Å². The number of nitrogens with zero attached hydrogens (tertiary/aromatic N) is 4. The van der Waals surface area contributed by atoms with Gasteiger partial charge in [-0.3, -0.25) is 4.98 Å². The number of rotatable bonds is 4. The van der Waals surface area contributed by atoms with Gasteiger partial charge in [0.25, 0.3) is 0 Å². The van der Waals surface area contributed by atoms with Crippen LogP contribution in [0.2, 0.25) is 5.15 Å². The van der Waals surface area contributed by atoms with Gasteiger partial charge in [0.2, 0.25) is 0 Å². The van der Waals surface area contributed by atoms with Gasteiger partial charge < -0.3 is 9.88 Å². The van der Waals surface area contributed by atoms with Crippen LogP contribution in [-0.4, -0.2) is 25.7 Å². The van der Waals surface area contributed by atoms with Gasteiger partial charge in [-0.2, -0.15) is 13.2 Å². The molecule has 1 N–H and O–H groups in total. The fourth-order valence-electron chi connectivity index (χ4n) is 3.02. The molecule has 9 heteroatoms. The highest BCUT2D eigenvalue weighted by Gasteiger charge is 2.30. The third kappa shape index (κ3) is 3.52. The second-order valence-corrected chi connectivity index (χ2v) is 6.33. The van der Waals surface area contributed by atoms with Crippen molar-refractivity contribution in [2.45, 2.75) is 19.3 Å². The molecule has 4 rings (SSSR count). The van der Waals surface area contributed by atoms with Crippen LogP contribution in [0.15, 0.2) is 48.9 Å². The zero-order chi connectivity index (χ0) is 19.0. The minimum Gasteiger partial charge on any atom is -0.379 e. The van der Waals surface area contributed by atoms with Crippen LogP contribution in [0.1, 0.15) is 5.69 Å². The van der Waals surface area contributed by atoms with Crippen molar-refractivity contribution < 1.29 is 13.2 Å². The van der Waals surface area contributed by atoms with Gasteiger partial charge in [-0.05, 0) is 30.3 Å². The van der Waals surface area contributed by atoms with Crippen LogP contribution in [0.5, 0.6) is 0 Å². The molecule has 3 heterocycles. The molecule has 5 nitrogen and oxygen atoms in total. The molecule has 0 radical (unpaired) electrons. The zero-order valence-electron chi connectivity index (χ0n) is 13.8. The van der Waals surface area contributed by atoms with Gasteiger partial charge in [0.15, 0.2) is 5.15 Å². The Morgan fingerprint density at radius 1 is 1.07 bits per heavy atom. The number of hydrogen-bond donors (Lipinski definition) is 1. The number of halogens is 4. The Bertz CT molecular complexity index is 1110. The summed E-state index contributed by atoms with van der Waals surface area (Å²) >= 11 is 6.08. The maximum atomic E-state index is 13.1. The van der Waals surface area contributed by atoms with Crippen molar-refractivity contribution in [3.8, 4) is 0 Å². The van der Waals surface area contributed by atoms with Crippen LogP contribution in [0.3, 0.4) is 0 Å². The molecule has 1 aromatic carbocycles. The first-order valence-corrected chi connectivity index (χ1v) is 8.43. The van der Waals surface area contributed by atoms with Gasteiger partial charge >= 0.3 is 6.18 Å². The molecule has 0 bridgehead atoms. The number of anilines is 1. The minimum atomic E-state index is -4.39. The summed E-state index contributed by atoms with van der Waals surface area (Å²) in [4.78, 5) is 12.2. The molecule has 0 fully saturated rings. The van der Waals surface area contributed by atoms with E-state index in [1.54, 1.807) is 24.4 Å². The lowest BCUT2D eigenvalue weighted by Gasteiger charge is -2.11. The molecular weight excluding hydrogens is 379 g/mol. The maximum absolute atomic E-state index is 13.1. The Balaban J connectivity index is 1.79. The summed E-state index contributed by atoms with van der Waals surface area (Å²) in [5.41, 5.74) is 2.55. The first-order chi connectivity index (χ1) is 12.9. The monoisotopic (exact) mass is 391 g/mol. The third-order valence-corrected chi connectivity index (χ3v) is 4.40. The highest BCUT2D eigenvalue weighted by atomic mass is 35.5. The molecule has 0 amide bonds. The molecule has 0 saturated carbocycles. The smallest absolute Gasteiger partial charge is 0.379 e. The quantitative estimate of drug-likeness (QED) is 0.507. The Kier molecular flexibility index (Phi) is 4.35. The van der Waals surface area contributed by atoms with E-state index in [2.05, 4.69) is 20.3 Å². The summed E-state index contributed by atoms with van der Waals surface area (Å²) in [6.45, 7) is -0.677. The number of benzene rings is 1. The molecule has 0 aliphatic rings. The number of alkyl halides is 3. The van der Waals surface area contributed by atoms with Gasteiger partial charge in [0, 0.05) is 17.3 Å². The van der Waals surface area contributed by atoms with Crippen molar-refractivity contribution >= 4 is 39.2 Å². The van der Waals surface area contributed by atoms with Crippen molar-refractivity contribution in [2.24, 2.45) is 0 Å². The molecule has 0 unspecified atom stereocenters. The maximum Gasteiger partial charge on any atom is 0.406 e. The highest BCUT2D eigenvalue weighted by Crippen LogP contribution is 2.34. The zero-order valence-corrected chi connectivity index (χ0v) is 14.6. The van der Waals surface area contributed by atoms with Crippen molar-refractivity contribution in [3.05, 3.63) is 59.8 Å². The predicted molar refractivity (Wildman–Crippen MR) is 97.7 cm³/mol. The van der Waals surface area contributed by atoms with Crippen LogP contribution < -0.4 is 5.32 Å². The number of aromatic nitrogens is 4. The number of hydrogen-bond acceptors (Lipinski definition) is 4. The standard InChI is InChI=1S/C18H13ClF3N5/c19-17-16-15(25-10-26-17)13-7-11(24-8-12-3-1-2-6-23-12)4-5-14(13)27(16)9-18(20,21)22/h1-7,10,24H,8-9H2. The van der Waals surface area contributed by atoms with E-state index in [0.29, 0.717) is 23.0 Å². The molecule has 0 spiro atoms. The Hall–Kier alpha value is -2.87. The topological polar surface area (TPSA) is 55.6 Å². The van der Waals surface area contributed by atoms with E-state index in [1.807, 2.05) is 18.2 Å². The second kappa shape index (κ2) is 6.70. The van der Waals surface area contributed by atoms with E-state index in [4.69, 9.17) is 11.6 Å². The first-order valence-electron chi connectivity index (χ1n) is 8.05. The van der Waals surface area contributed by atoms with Crippen molar-refractivity contribution in [3.63, 3.8) is 0 Å². The van der Waals surface area contributed by atoms with Gasteiger partial charge in [-0.15, -0.1) is 0 Å². The molecule has 138 valence electrons. The van der Waals surface area contributed by atoms with Crippen molar-refractivity contribution in [1.29, 1.82) is 0 Å². The summed E-state index contributed by atoms with van der Waals surface area (Å²) in [5, 5.41) is 3.78. The fourth-order valence-corrected chi connectivity index (χ4v) is 3.26. The third-order valence-electron chi connectivity index (χ3n) is 4.13. The van der Waals surface area contributed by atoms with E-state index >= 15 is 0 Å². The molecule has 0 aliphatic heterocycles. The van der Waals surface area contributed by atoms with Crippen molar-refractivity contribution in [1.82, 2.24) is 19.5 Å². The summed E-state index contributed by atoms with van der Waals surface area (Å²) in [6.07, 6.45) is -1.45. The molecule has 3 aromatic heterocycles. The SMILES string of the molecule is FC(F)(F)Cn1c2ccc(NCc3ccccn3)cc2c2ncnc(Cl)c21. The molecule has 0 atom stereocenters. The van der Waals surface area contributed by atoms with Gasteiger partial charge in [0.1, 0.15) is 23.9 Å².